The smallest absolute Gasteiger partial charge is 0.245 e. The van der Waals surface area contributed by atoms with E-state index in [1.54, 1.807) is 22.7 Å². The second-order valence-electron chi connectivity index (χ2n) is 10.3. The van der Waals surface area contributed by atoms with Crippen molar-refractivity contribution in [3.05, 3.63) is 139 Å². The van der Waals surface area contributed by atoms with Gasteiger partial charge < -0.3 is 9.80 Å². The van der Waals surface area contributed by atoms with Gasteiger partial charge in [-0.25, -0.2) is 0 Å². The maximum Gasteiger partial charge on any atom is 0.245 e. The lowest BCUT2D eigenvalue weighted by Crippen LogP contribution is -2.33. The molecule has 0 spiro atoms. The van der Waals surface area contributed by atoms with Crippen molar-refractivity contribution < 1.29 is 9.59 Å². The number of halogens is 2. The molecule has 2 atom stereocenters. The van der Waals surface area contributed by atoms with Crippen LogP contribution in [0, 0.1) is 0 Å². The number of carbonyl (C=O) groups excluding carboxylic acids is 2. The van der Waals surface area contributed by atoms with E-state index in [4.69, 9.17) is 23.2 Å². The number of hydrogen-bond donors (Lipinski definition) is 0. The van der Waals surface area contributed by atoms with Gasteiger partial charge in [0.1, 0.15) is 0 Å². The van der Waals surface area contributed by atoms with Crippen LogP contribution in [0.2, 0.25) is 8.67 Å². The monoisotopic (exact) mass is 634 g/mol. The second-order valence-corrected chi connectivity index (χ2v) is 13.8. The predicted octanol–water partition coefficient (Wildman–Crippen LogP) is 8.21. The molecule has 2 aromatic carbocycles. The van der Waals surface area contributed by atoms with E-state index in [2.05, 4.69) is 49.6 Å². The van der Waals surface area contributed by atoms with Crippen LogP contribution in [0.4, 0.5) is 0 Å². The molecule has 2 aliphatic rings. The summed E-state index contributed by atoms with van der Waals surface area (Å²) in [6.45, 7) is 10.0. The number of amides is 2. The maximum atomic E-state index is 12.0. The van der Waals surface area contributed by atoms with E-state index < -0.39 is 0 Å². The topological polar surface area (TPSA) is 40.6 Å². The molecule has 0 N–H and O–H groups in total. The maximum absolute atomic E-state index is 12.0. The summed E-state index contributed by atoms with van der Waals surface area (Å²) in [5.41, 5.74) is 4.96. The zero-order valence-electron chi connectivity index (χ0n) is 23.2. The summed E-state index contributed by atoms with van der Waals surface area (Å²) in [6, 6.07) is 24.7. The molecule has 8 heteroatoms. The highest BCUT2D eigenvalue weighted by Crippen LogP contribution is 2.39. The highest BCUT2D eigenvalue weighted by atomic mass is 35.5. The van der Waals surface area contributed by atoms with Crippen LogP contribution in [-0.2, 0) is 22.4 Å². The minimum Gasteiger partial charge on any atom is -0.338 e. The lowest BCUT2D eigenvalue weighted by Gasteiger charge is -2.24. The Bertz CT molecular complexity index is 1450. The molecule has 0 bridgehead atoms. The van der Waals surface area contributed by atoms with Crippen molar-refractivity contribution in [1.82, 2.24) is 9.80 Å². The largest absolute Gasteiger partial charge is 0.338 e. The Morgan fingerprint density at radius 3 is 1.43 bits per heavy atom. The summed E-state index contributed by atoms with van der Waals surface area (Å²) in [7, 11) is 0. The van der Waals surface area contributed by atoms with E-state index in [9.17, 15) is 9.59 Å². The number of fused-ring (bicyclic) bond motifs is 2. The Hall–Kier alpha value is -3.16. The molecule has 0 radical (unpaired) electrons. The average molecular weight is 636 g/mol. The van der Waals surface area contributed by atoms with Crippen molar-refractivity contribution in [3.63, 3.8) is 0 Å². The molecule has 4 aromatic rings. The highest BCUT2D eigenvalue weighted by molar-refractivity contribution is 7.16. The zero-order chi connectivity index (χ0) is 29.6. The fraction of sp³-hybridized carbons (Fsp3) is 0.235. The third kappa shape index (κ3) is 6.90. The van der Waals surface area contributed by atoms with Gasteiger partial charge in [0.2, 0.25) is 11.8 Å². The fourth-order valence-corrected chi connectivity index (χ4v) is 8.35. The third-order valence-corrected chi connectivity index (χ3v) is 10.5. The molecule has 2 aliphatic heterocycles. The molecule has 4 heterocycles. The van der Waals surface area contributed by atoms with E-state index in [1.807, 2.05) is 46.2 Å². The molecule has 0 saturated heterocycles. The number of benzene rings is 2. The lowest BCUT2D eigenvalue weighted by molar-refractivity contribution is -0.126. The van der Waals surface area contributed by atoms with E-state index >= 15 is 0 Å². The van der Waals surface area contributed by atoms with Crippen molar-refractivity contribution in [3.8, 4) is 0 Å². The Morgan fingerprint density at radius 2 is 1.07 bits per heavy atom. The summed E-state index contributed by atoms with van der Waals surface area (Å²) in [6.07, 6.45) is 4.51. The van der Waals surface area contributed by atoms with Gasteiger partial charge >= 0.3 is 0 Å². The first-order valence-electron chi connectivity index (χ1n) is 13.9. The van der Waals surface area contributed by atoms with Crippen LogP contribution in [0.5, 0.6) is 0 Å². The van der Waals surface area contributed by atoms with Gasteiger partial charge in [-0.05, 0) is 59.4 Å². The quantitative estimate of drug-likeness (QED) is 0.212. The number of thiophene rings is 2. The molecule has 2 amide bonds. The van der Waals surface area contributed by atoms with Gasteiger partial charge in [-0.15, -0.1) is 22.7 Å². The van der Waals surface area contributed by atoms with Crippen LogP contribution in [0.1, 0.15) is 43.8 Å². The number of carbonyl (C=O) groups is 2. The number of hydrogen-bond acceptors (Lipinski definition) is 4. The van der Waals surface area contributed by atoms with E-state index in [0.717, 1.165) is 34.6 Å². The van der Waals surface area contributed by atoms with Crippen LogP contribution in [0.25, 0.3) is 0 Å². The van der Waals surface area contributed by atoms with Gasteiger partial charge in [-0.1, -0.05) is 97.0 Å². The van der Waals surface area contributed by atoms with Crippen molar-refractivity contribution >= 4 is 57.7 Å². The Labute approximate surface area is 265 Å². The molecule has 42 heavy (non-hydrogen) atoms. The van der Waals surface area contributed by atoms with Crippen LogP contribution < -0.4 is 0 Å². The fourth-order valence-electron chi connectivity index (χ4n) is 5.69. The molecule has 0 unspecified atom stereocenters. The van der Waals surface area contributed by atoms with Crippen molar-refractivity contribution in [1.29, 1.82) is 0 Å². The van der Waals surface area contributed by atoms with Crippen molar-refractivity contribution in [2.75, 3.05) is 26.2 Å². The van der Waals surface area contributed by atoms with Crippen molar-refractivity contribution in [2.24, 2.45) is 0 Å². The normalized spacial score (nSPS) is 18.0. The molecule has 0 aliphatic carbocycles. The van der Waals surface area contributed by atoms with Gasteiger partial charge in [0.25, 0.3) is 0 Å². The predicted molar refractivity (Wildman–Crippen MR) is 176 cm³/mol. The highest BCUT2D eigenvalue weighted by Gasteiger charge is 2.29. The molecule has 4 nitrogen and oxygen atoms in total. The molecule has 0 fully saturated rings. The van der Waals surface area contributed by atoms with E-state index in [0.29, 0.717) is 13.1 Å². The standard InChI is InChI=1S/2C17H16ClNOS/c2*1-2-17(20)19-9-8-15-13(10-16(18)21-15)14(11-19)12-6-4-3-5-7-12/h2*2-7,10,14H,1,8-9,11H2/t2*14-/m10/s1. The van der Waals surface area contributed by atoms with Crippen molar-refractivity contribution in [2.45, 2.75) is 24.7 Å². The molecule has 2 aromatic heterocycles. The summed E-state index contributed by atoms with van der Waals surface area (Å²) in [4.78, 5) is 30.4. The van der Waals surface area contributed by atoms with E-state index in [1.165, 1.54) is 44.2 Å². The van der Waals surface area contributed by atoms with Gasteiger partial charge in [0, 0.05) is 47.8 Å². The summed E-state index contributed by atoms with van der Waals surface area (Å²) in [5, 5.41) is 0. The van der Waals surface area contributed by atoms with Gasteiger partial charge in [-0.2, -0.15) is 0 Å². The molecular weight excluding hydrogens is 603 g/mol. The Balaban J connectivity index is 0.000000168. The summed E-state index contributed by atoms with van der Waals surface area (Å²) >= 11 is 15.7. The van der Waals surface area contributed by atoms with Gasteiger partial charge in [0.05, 0.1) is 8.67 Å². The Morgan fingerprint density at radius 1 is 0.690 bits per heavy atom. The molecular formula is C34H32Cl2N2O2S2. The van der Waals surface area contributed by atoms with Crippen LogP contribution in [-0.4, -0.2) is 47.8 Å². The van der Waals surface area contributed by atoms with E-state index in [-0.39, 0.29) is 23.7 Å². The summed E-state index contributed by atoms with van der Waals surface area (Å²) < 4.78 is 1.65. The Kier molecular flexibility index (Phi) is 10.0. The zero-order valence-corrected chi connectivity index (χ0v) is 26.3. The van der Waals surface area contributed by atoms with Crippen LogP contribution in [0.3, 0.4) is 0 Å². The van der Waals surface area contributed by atoms with Gasteiger partial charge in [0.15, 0.2) is 0 Å². The first kappa shape index (κ1) is 30.3. The first-order chi connectivity index (χ1) is 20.4. The summed E-state index contributed by atoms with van der Waals surface area (Å²) in [5.74, 6) is 0.349. The molecule has 6 rings (SSSR count). The van der Waals surface area contributed by atoms with Crippen LogP contribution in [0.15, 0.2) is 98.1 Å². The third-order valence-electron chi connectivity index (χ3n) is 7.77. The molecule has 216 valence electrons. The van der Waals surface area contributed by atoms with Gasteiger partial charge in [-0.3, -0.25) is 9.59 Å². The second kappa shape index (κ2) is 13.9. The van der Waals surface area contributed by atoms with Crippen LogP contribution >= 0.6 is 45.9 Å². The average Bonchev–Trinajstić information content (AvgIpc) is 3.46. The molecule has 0 saturated carbocycles. The number of nitrogens with zero attached hydrogens (tertiary/aromatic N) is 2. The lowest BCUT2D eigenvalue weighted by atomic mass is 9.91. The minimum atomic E-state index is -0.00261. The SMILES string of the molecule is C=CC(=O)N1CCc2sc(Cl)cc2[C@@H](c2ccccc2)C1.C=CC(=O)N1CCc2sc(Cl)cc2[C@H](c2ccccc2)C1. The minimum absolute atomic E-state index is 0.00261. The first-order valence-corrected chi connectivity index (χ1v) is 16.3. The number of rotatable bonds is 4.